The van der Waals surface area contributed by atoms with Crippen LogP contribution in [0.1, 0.15) is 12.0 Å². The van der Waals surface area contributed by atoms with Crippen molar-refractivity contribution in [3.05, 3.63) is 23.0 Å². The van der Waals surface area contributed by atoms with Crippen molar-refractivity contribution >= 4 is 17.3 Å². The molecule has 13 heavy (non-hydrogen) atoms. The van der Waals surface area contributed by atoms with E-state index in [1.165, 1.54) is 6.20 Å². The minimum absolute atomic E-state index is 0.197. The molecule has 0 aromatic carbocycles. The second-order valence-corrected chi connectivity index (χ2v) is 2.60. The van der Waals surface area contributed by atoms with Gasteiger partial charge < -0.3 is 5.73 Å². The van der Waals surface area contributed by atoms with E-state index in [1.54, 1.807) is 6.07 Å². The zero-order valence-electron chi connectivity index (χ0n) is 6.71. The van der Waals surface area contributed by atoms with Gasteiger partial charge in [0.2, 0.25) is 0 Å². The summed E-state index contributed by atoms with van der Waals surface area (Å²) in [4.78, 5) is 3.81. The third-order valence-corrected chi connectivity index (χ3v) is 1.58. The molecule has 2 N–H and O–H groups in total. The van der Waals surface area contributed by atoms with Gasteiger partial charge in [0.15, 0.2) is 5.15 Å². The summed E-state index contributed by atoms with van der Waals surface area (Å²) in [5.41, 5.74) is 6.56. The lowest BCUT2D eigenvalue weighted by molar-refractivity contribution is 1.31. The zero-order chi connectivity index (χ0) is 9.68. The lowest BCUT2D eigenvalue weighted by Crippen LogP contribution is -1.90. The monoisotopic (exact) mass is 191 g/mol. The molecule has 0 saturated heterocycles. The molecule has 1 rings (SSSR count). The fourth-order valence-electron chi connectivity index (χ4n) is 0.719. The van der Waals surface area contributed by atoms with Crippen molar-refractivity contribution < 1.29 is 0 Å². The van der Waals surface area contributed by atoms with Gasteiger partial charge in [-0.3, -0.25) is 0 Å². The molecule has 4 heteroatoms. The Balaban J connectivity index is 2.89. The molecule has 0 aliphatic heterocycles. The lowest BCUT2D eigenvalue weighted by Gasteiger charge is -1.95. The topological polar surface area (TPSA) is 62.7 Å². The molecule has 64 valence electrons. The minimum atomic E-state index is 0.197. The average Bonchev–Trinajstić information content (AvgIpc) is 2.12. The standard InChI is InChI=1S/C9H6ClN3/c10-9-8(12)5-7(6-13-9)3-1-2-4-11/h5-6H,2,12H2. The number of halogens is 1. The summed E-state index contributed by atoms with van der Waals surface area (Å²) in [6.45, 7) is 0. The van der Waals surface area contributed by atoms with Gasteiger partial charge in [-0.2, -0.15) is 5.26 Å². The van der Waals surface area contributed by atoms with Gasteiger partial charge in [0, 0.05) is 11.8 Å². The van der Waals surface area contributed by atoms with Crippen molar-refractivity contribution in [2.24, 2.45) is 0 Å². The van der Waals surface area contributed by atoms with Crippen LogP contribution in [-0.2, 0) is 0 Å². The maximum atomic E-state index is 8.23. The highest BCUT2D eigenvalue weighted by Gasteiger charge is 1.96. The van der Waals surface area contributed by atoms with E-state index < -0.39 is 0 Å². The Morgan fingerprint density at radius 3 is 3.00 bits per heavy atom. The molecule has 0 fully saturated rings. The van der Waals surface area contributed by atoms with Crippen molar-refractivity contribution in [2.75, 3.05) is 5.73 Å². The second-order valence-electron chi connectivity index (χ2n) is 2.24. The Labute approximate surface area is 81.1 Å². The molecule has 0 spiro atoms. The van der Waals surface area contributed by atoms with Crippen LogP contribution in [0.5, 0.6) is 0 Å². The summed E-state index contributed by atoms with van der Waals surface area (Å²) >= 11 is 5.61. The van der Waals surface area contributed by atoms with Crippen LogP contribution in [0.25, 0.3) is 0 Å². The number of nitrogens with zero attached hydrogens (tertiary/aromatic N) is 2. The summed E-state index contributed by atoms with van der Waals surface area (Å²) < 4.78 is 0. The average molecular weight is 192 g/mol. The summed E-state index contributed by atoms with van der Waals surface area (Å²) in [7, 11) is 0. The summed E-state index contributed by atoms with van der Waals surface area (Å²) in [6, 6.07) is 3.54. The van der Waals surface area contributed by atoms with E-state index in [1.807, 2.05) is 6.07 Å². The Morgan fingerprint density at radius 1 is 1.62 bits per heavy atom. The smallest absolute Gasteiger partial charge is 0.151 e. The van der Waals surface area contributed by atoms with Gasteiger partial charge in [-0.15, -0.1) is 0 Å². The normalized spacial score (nSPS) is 8.31. The van der Waals surface area contributed by atoms with Crippen LogP contribution in [-0.4, -0.2) is 4.98 Å². The molecule has 1 aromatic rings. The molecule has 0 radical (unpaired) electrons. The maximum absolute atomic E-state index is 8.23. The van der Waals surface area contributed by atoms with Gasteiger partial charge in [-0.05, 0) is 6.07 Å². The third-order valence-electron chi connectivity index (χ3n) is 1.27. The van der Waals surface area contributed by atoms with Gasteiger partial charge in [-0.25, -0.2) is 4.98 Å². The number of aromatic nitrogens is 1. The fourth-order valence-corrected chi connectivity index (χ4v) is 0.823. The van der Waals surface area contributed by atoms with E-state index in [0.29, 0.717) is 11.3 Å². The van der Waals surface area contributed by atoms with Crippen LogP contribution >= 0.6 is 11.6 Å². The highest BCUT2D eigenvalue weighted by molar-refractivity contribution is 6.31. The SMILES string of the molecule is N#CCC#Cc1cnc(Cl)c(N)c1. The molecule has 3 nitrogen and oxygen atoms in total. The molecular formula is C9H6ClN3. The number of rotatable bonds is 0. The van der Waals surface area contributed by atoms with Crippen LogP contribution in [0, 0.1) is 23.2 Å². The first-order valence-electron chi connectivity index (χ1n) is 3.51. The summed E-state index contributed by atoms with van der Waals surface area (Å²) in [6.07, 6.45) is 1.71. The minimum Gasteiger partial charge on any atom is -0.396 e. The molecule has 0 unspecified atom stereocenters. The van der Waals surface area contributed by atoms with Crippen LogP contribution in [0.4, 0.5) is 5.69 Å². The van der Waals surface area contributed by atoms with E-state index in [4.69, 9.17) is 22.6 Å². The van der Waals surface area contributed by atoms with Crippen molar-refractivity contribution in [1.29, 1.82) is 5.26 Å². The van der Waals surface area contributed by atoms with Gasteiger partial charge >= 0.3 is 0 Å². The van der Waals surface area contributed by atoms with Gasteiger partial charge in [0.25, 0.3) is 0 Å². The van der Waals surface area contributed by atoms with E-state index in [9.17, 15) is 0 Å². The van der Waals surface area contributed by atoms with Crippen LogP contribution in [0.15, 0.2) is 12.3 Å². The fraction of sp³-hybridized carbons (Fsp3) is 0.111. The molecule has 0 amide bonds. The van der Waals surface area contributed by atoms with E-state index in [-0.39, 0.29) is 11.6 Å². The van der Waals surface area contributed by atoms with Gasteiger partial charge in [0.05, 0.1) is 18.2 Å². The third kappa shape index (κ3) is 2.66. The Kier molecular flexibility index (Phi) is 3.14. The number of nitrogen functional groups attached to an aromatic ring is 1. The molecule has 0 aliphatic rings. The van der Waals surface area contributed by atoms with Crippen LogP contribution in [0.3, 0.4) is 0 Å². The Bertz CT molecular complexity index is 409. The van der Waals surface area contributed by atoms with Crippen molar-refractivity contribution in [3.8, 4) is 17.9 Å². The first-order valence-corrected chi connectivity index (χ1v) is 3.88. The van der Waals surface area contributed by atoms with E-state index in [0.717, 1.165) is 0 Å². The van der Waals surface area contributed by atoms with Gasteiger partial charge in [-0.1, -0.05) is 23.4 Å². The maximum Gasteiger partial charge on any atom is 0.151 e. The Hall–Kier alpha value is -1.71. The first kappa shape index (κ1) is 9.38. The first-order chi connectivity index (χ1) is 6.24. The molecule has 0 aliphatic carbocycles. The second kappa shape index (κ2) is 4.35. The van der Waals surface area contributed by atoms with Crippen LogP contribution in [0.2, 0.25) is 5.15 Å². The number of hydrogen-bond donors (Lipinski definition) is 1. The molecule has 0 saturated carbocycles. The van der Waals surface area contributed by atoms with E-state index in [2.05, 4.69) is 16.8 Å². The van der Waals surface area contributed by atoms with Crippen molar-refractivity contribution in [3.63, 3.8) is 0 Å². The quantitative estimate of drug-likeness (QED) is 0.500. The van der Waals surface area contributed by atoms with Crippen LogP contribution < -0.4 is 5.73 Å². The Morgan fingerprint density at radius 2 is 2.38 bits per heavy atom. The van der Waals surface area contributed by atoms with Crippen molar-refractivity contribution in [1.82, 2.24) is 4.98 Å². The highest BCUT2D eigenvalue weighted by atomic mass is 35.5. The number of anilines is 1. The van der Waals surface area contributed by atoms with E-state index >= 15 is 0 Å². The largest absolute Gasteiger partial charge is 0.396 e. The summed E-state index contributed by atoms with van der Waals surface area (Å²) in [5.74, 6) is 5.39. The molecular weight excluding hydrogens is 186 g/mol. The zero-order valence-corrected chi connectivity index (χ0v) is 7.47. The molecule has 1 heterocycles. The highest BCUT2D eigenvalue weighted by Crippen LogP contribution is 2.15. The number of nitrogens with two attached hydrogens (primary N) is 1. The number of hydrogen-bond acceptors (Lipinski definition) is 3. The number of nitriles is 1. The number of pyridine rings is 1. The molecule has 0 bridgehead atoms. The van der Waals surface area contributed by atoms with Gasteiger partial charge in [0.1, 0.15) is 0 Å². The molecule has 0 atom stereocenters. The predicted molar refractivity (Wildman–Crippen MR) is 50.8 cm³/mol. The lowest BCUT2D eigenvalue weighted by atomic mass is 10.2. The molecule has 1 aromatic heterocycles. The predicted octanol–water partition coefficient (Wildman–Crippen LogP) is 1.58. The summed E-state index contributed by atoms with van der Waals surface area (Å²) in [5, 5.41) is 8.50. The van der Waals surface area contributed by atoms with Crippen molar-refractivity contribution in [2.45, 2.75) is 6.42 Å².